The number of carbonyl (C=O) groups is 2. The van der Waals surface area contributed by atoms with Crippen molar-refractivity contribution >= 4 is 12.0 Å². The summed E-state index contributed by atoms with van der Waals surface area (Å²) in [5, 5.41) is 14.4. The molecule has 1 atom stereocenters. The summed E-state index contributed by atoms with van der Waals surface area (Å²) in [6, 6.07) is -1.37. The van der Waals surface area contributed by atoms with Crippen molar-refractivity contribution in [3.8, 4) is 12.3 Å². The first-order valence-corrected chi connectivity index (χ1v) is 6.65. The van der Waals surface area contributed by atoms with Gasteiger partial charge in [0.05, 0.1) is 5.54 Å². The van der Waals surface area contributed by atoms with Crippen LogP contribution in [0.15, 0.2) is 0 Å². The first-order valence-electron chi connectivity index (χ1n) is 6.65. The largest absolute Gasteiger partial charge is 0.480 e. The fourth-order valence-electron chi connectivity index (χ4n) is 2.35. The zero-order valence-electron chi connectivity index (χ0n) is 11.5. The summed E-state index contributed by atoms with van der Waals surface area (Å²) in [7, 11) is 0. The van der Waals surface area contributed by atoms with E-state index < -0.39 is 23.6 Å². The van der Waals surface area contributed by atoms with Crippen LogP contribution in [0.1, 0.15) is 46.0 Å². The number of carboxylic acid groups (broad SMARTS) is 1. The minimum absolute atomic E-state index is 0.00551. The number of rotatable bonds is 4. The molecule has 0 saturated heterocycles. The van der Waals surface area contributed by atoms with Gasteiger partial charge < -0.3 is 15.7 Å². The third kappa shape index (κ3) is 4.82. The summed E-state index contributed by atoms with van der Waals surface area (Å²) in [5.41, 5.74) is -0.792. The van der Waals surface area contributed by atoms with Gasteiger partial charge in [0.2, 0.25) is 0 Å². The molecule has 5 nitrogen and oxygen atoms in total. The molecule has 1 aliphatic carbocycles. The average molecular weight is 266 g/mol. The van der Waals surface area contributed by atoms with Crippen molar-refractivity contribution in [3.05, 3.63) is 0 Å². The topological polar surface area (TPSA) is 78.4 Å². The Morgan fingerprint density at radius 3 is 2.37 bits per heavy atom. The van der Waals surface area contributed by atoms with Crippen LogP contribution < -0.4 is 10.6 Å². The summed E-state index contributed by atoms with van der Waals surface area (Å²) in [6.07, 6.45) is 10.1. The molecule has 0 aromatic heterocycles. The first-order chi connectivity index (χ1) is 8.85. The minimum Gasteiger partial charge on any atom is -0.480 e. The molecule has 19 heavy (non-hydrogen) atoms. The smallest absolute Gasteiger partial charge is 0.326 e. The molecule has 0 radical (unpaired) electrons. The van der Waals surface area contributed by atoms with E-state index >= 15 is 0 Å². The van der Waals surface area contributed by atoms with Crippen LogP contribution >= 0.6 is 0 Å². The Morgan fingerprint density at radius 1 is 1.32 bits per heavy atom. The van der Waals surface area contributed by atoms with Gasteiger partial charge in [0.1, 0.15) is 6.04 Å². The number of aliphatic carboxylic acids is 1. The monoisotopic (exact) mass is 266 g/mol. The highest BCUT2D eigenvalue weighted by molar-refractivity contribution is 5.83. The normalized spacial score (nSPS) is 18.2. The van der Waals surface area contributed by atoms with E-state index in [4.69, 9.17) is 6.42 Å². The van der Waals surface area contributed by atoms with Crippen LogP contribution in [0.2, 0.25) is 0 Å². The lowest BCUT2D eigenvalue weighted by Crippen LogP contribution is -2.54. The lowest BCUT2D eigenvalue weighted by Gasteiger charge is -2.29. The fraction of sp³-hybridized carbons (Fsp3) is 0.714. The molecular weight excluding hydrogens is 244 g/mol. The van der Waals surface area contributed by atoms with E-state index in [2.05, 4.69) is 16.6 Å². The van der Waals surface area contributed by atoms with Crippen LogP contribution in [0.4, 0.5) is 4.79 Å². The van der Waals surface area contributed by atoms with Crippen LogP contribution in [0.25, 0.3) is 0 Å². The van der Waals surface area contributed by atoms with Gasteiger partial charge in [-0.2, -0.15) is 0 Å². The molecule has 1 unspecified atom stereocenters. The number of carbonyl (C=O) groups excluding carboxylic acids is 1. The minimum atomic E-state index is -0.986. The molecule has 1 fully saturated rings. The van der Waals surface area contributed by atoms with Crippen molar-refractivity contribution in [1.29, 1.82) is 0 Å². The lowest BCUT2D eigenvalue weighted by molar-refractivity contribution is -0.141. The fourth-order valence-corrected chi connectivity index (χ4v) is 2.35. The average Bonchev–Trinajstić information content (AvgIpc) is 2.36. The van der Waals surface area contributed by atoms with E-state index in [0.717, 1.165) is 32.1 Å². The number of terminal acetylenes is 1. The molecule has 0 aromatic carbocycles. The van der Waals surface area contributed by atoms with Crippen LogP contribution in [0.5, 0.6) is 0 Å². The third-order valence-corrected chi connectivity index (χ3v) is 3.46. The molecule has 5 heteroatoms. The van der Waals surface area contributed by atoms with E-state index in [1.54, 1.807) is 13.8 Å². The van der Waals surface area contributed by atoms with Gasteiger partial charge in [-0.25, -0.2) is 9.59 Å². The predicted octanol–water partition coefficient (Wildman–Crippen LogP) is 1.73. The van der Waals surface area contributed by atoms with Gasteiger partial charge in [0.15, 0.2) is 0 Å². The van der Waals surface area contributed by atoms with E-state index in [1.807, 2.05) is 0 Å². The predicted molar refractivity (Wildman–Crippen MR) is 72.6 cm³/mol. The highest BCUT2D eigenvalue weighted by Crippen LogP contribution is 2.26. The SMILES string of the molecule is C#CC(C)(C)NC(=O)NC(C(=O)O)C1CCCCC1. The van der Waals surface area contributed by atoms with Crippen molar-refractivity contribution in [2.75, 3.05) is 0 Å². The summed E-state index contributed by atoms with van der Waals surface area (Å²) < 4.78 is 0. The van der Waals surface area contributed by atoms with Gasteiger partial charge >= 0.3 is 12.0 Å². The maximum absolute atomic E-state index is 11.8. The van der Waals surface area contributed by atoms with Crippen molar-refractivity contribution in [3.63, 3.8) is 0 Å². The van der Waals surface area contributed by atoms with Gasteiger partial charge in [0, 0.05) is 0 Å². The second-order valence-electron chi connectivity index (χ2n) is 5.58. The molecular formula is C14H22N2O3. The molecule has 2 amide bonds. The zero-order valence-corrected chi connectivity index (χ0v) is 11.5. The van der Waals surface area contributed by atoms with Gasteiger partial charge in [-0.15, -0.1) is 6.42 Å². The number of nitrogens with one attached hydrogen (secondary N) is 2. The zero-order chi connectivity index (χ0) is 14.5. The number of amides is 2. The maximum Gasteiger partial charge on any atom is 0.326 e. The molecule has 3 N–H and O–H groups in total. The molecule has 1 aliphatic rings. The Balaban J connectivity index is 2.61. The summed E-state index contributed by atoms with van der Waals surface area (Å²) in [4.78, 5) is 23.1. The van der Waals surface area contributed by atoms with Crippen LogP contribution in [0, 0.1) is 18.3 Å². The summed E-state index contributed by atoms with van der Waals surface area (Å²) in [6.45, 7) is 3.37. The Hall–Kier alpha value is -1.70. The van der Waals surface area contributed by atoms with E-state index in [-0.39, 0.29) is 5.92 Å². The molecule has 0 aromatic rings. The quantitative estimate of drug-likeness (QED) is 0.678. The molecule has 1 rings (SSSR count). The summed E-state index contributed by atoms with van der Waals surface area (Å²) >= 11 is 0. The van der Waals surface area contributed by atoms with Gasteiger partial charge in [0.25, 0.3) is 0 Å². The third-order valence-electron chi connectivity index (χ3n) is 3.46. The first kappa shape index (κ1) is 15.4. The molecule has 0 aliphatic heterocycles. The molecule has 0 spiro atoms. The number of hydrogen-bond donors (Lipinski definition) is 3. The van der Waals surface area contributed by atoms with Gasteiger partial charge in [-0.05, 0) is 32.6 Å². The summed E-state index contributed by atoms with van der Waals surface area (Å²) in [5.74, 6) is 1.45. The van der Waals surface area contributed by atoms with Gasteiger partial charge in [-0.1, -0.05) is 25.2 Å². The Kier molecular flexibility index (Phi) is 5.22. The number of hydrogen-bond acceptors (Lipinski definition) is 2. The number of urea groups is 1. The standard InChI is InChI=1S/C14H22N2O3/c1-4-14(2,3)16-13(19)15-11(12(17)18)10-8-6-5-7-9-10/h1,10-11H,5-9H2,2-3H3,(H,17,18)(H2,15,16,19). The Bertz CT molecular complexity index is 379. The van der Waals surface area contributed by atoms with Crippen molar-refractivity contribution in [2.24, 2.45) is 5.92 Å². The molecule has 0 heterocycles. The number of carboxylic acids is 1. The lowest BCUT2D eigenvalue weighted by atomic mass is 9.84. The maximum atomic E-state index is 11.8. The molecule has 106 valence electrons. The molecule has 1 saturated carbocycles. The Morgan fingerprint density at radius 2 is 1.89 bits per heavy atom. The van der Waals surface area contributed by atoms with Crippen molar-refractivity contribution in [1.82, 2.24) is 10.6 Å². The Labute approximate surface area is 114 Å². The van der Waals surface area contributed by atoms with Crippen LogP contribution in [-0.4, -0.2) is 28.7 Å². The van der Waals surface area contributed by atoms with Crippen LogP contribution in [0.3, 0.4) is 0 Å². The second-order valence-corrected chi connectivity index (χ2v) is 5.58. The second kappa shape index (κ2) is 6.46. The highest BCUT2D eigenvalue weighted by atomic mass is 16.4. The molecule has 0 bridgehead atoms. The van der Waals surface area contributed by atoms with Crippen molar-refractivity contribution < 1.29 is 14.7 Å². The van der Waals surface area contributed by atoms with Gasteiger partial charge in [-0.3, -0.25) is 0 Å². The van der Waals surface area contributed by atoms with E-state index in [0.29, 0.717) is 0 Å². The van der Waals surface area contributed by atoms with E-state index in [1.165, 1.54) is 0 Å². The van der Waals surface area contributed by atoms with Crippen LogP contribution in [-0.2, 0) is 4.79 Å². The van der Waals surface area contributed by atoms with E-state index in [9.17, 15) is 14.7 Å². The van der Waals surface area contributed by atoms with Crippen molar-refractivity contribution in [2.45, 2.75) is 57.5 Å². The highest BCUT2D eigenvalue weighted by Gasteiger charge is 2.31.